The maximum atomic E-state index is 11.9. The summed E-state index contributed by atoms with van der Waals surface area (Å²) in [5.74, 6) is 1.48. The molecule has 7 heteroatoms. The van der Waals surface area contributed by atoms with E-state index in [1.54, 1.807) is 12.3 Å². The first-order valence-corrected chi connectivity index (χ1v) is 11.7. The third-order valence-corrected chi connectivity index (χ3v) is 6.23. The highest BCUT2D eigenvalue weighted by atomic mass is 16.5. The molecule has 178 valence electrons. The van der Waals surface area contributed by atoms with Gasteiger partial charge in [0.1, 0.15) is 24.2 Å². The van der Waals surface area contributed by atoms with Crippen LogP contribution in [0.1, 0.15) is 61.1 Å². The maximum Gasteiger partial charge on any atom is 0.289 e. The van der Waals surface area contributed by atoms with Gasteiger partial charge in [0.05, 0.1) is 5.69 Å². The number of nitrogens with zero attached hydrogens (tertiary/aromatic N) is 2. The molecular formula is C27H32N4O3. The molecule has 1 aliphatic rings. The lowest BCUT2D eigenvalue weighted by atomic mass is 9.78. The van der Waals surface area contributed by atoms with Crippen LogP contribution < -0.4 is 20.5 Å². The SMILES string of the molecule is CCNC(=O)c1nccc(COc2ccc(C(C)(C)c3ccc(OC4CC(N)C4)cc3)cc2)n1. The Morgan fingerprint density at radius 3 is 2.24 bits per heavy atom. The maximum absolute atomic E-state index is 11.9. The summed E-state index contributed by atoms with van der Waals surface area (Å²) in [6.45, 7) is 7.04. The number of aromatic nitrogens is 2. The predicted molar refractivity (Wildman–Crippen MR) is 131 cm³/mol. The number of nitrogens with one attached hydrogen (secondary N) is 1. The van der Waals surface area contributed by atoms with Gasteiger partial charge in [-0.25, -0.2) is 9.97 Å². The lowest BCUT2D eigenvalue weighted by Gasteiger charge is -2.33. The van der Waals surface area contributed by atoms with Gasteiger partial charge in [0, 0.05) is 24.2 Å². The van der Waals surface area contributed by atoms with Gasteiger partial charge >= 0.3 is 0 Å². The molecule has 0 aliphatic heterocycles. The first-order valence-electron chi connectivity index (χ1n) is 11.7. The minimum Gasteiger partial charge on any atom is -0.490 e. The minimum atomic E-state index is -0.289. The van der Waals surface area contributed by atoms with E-state index in [1.165, 1.54) is 11.1 Å². The Bertz CT molecular complexity index is 1110. The molecule has 1 fully saturated rings. The zero-order valence-corrected chi connectivity index (χ0v) is 20.0. The van der Waals surface area contributed by atoms with Gasteiger partial charge in [0.25, 0.3) is 5.91 Å². The number of nitrogens with two attached hydrogens (primary N) is 1. The second-order valence-corrected chi connectivity index (χ2v) is 9.16. The molecule has 7 nitrogen and oxygen atoms in total. The second-order valence-electron chi connectivity index (χ2n) is 9.16. The minimum absolute atomic E-state index is 0.146. The molecule has 3 aromatic rings. The number of hydrogen-bond acceptors (Lipinski definition) is 6. The van der Waals surface area contributed by atoms with Crippen molar-refractivity contribution in [2.45, 2.75) is 57.8 Å². The fraction of sp³-hybridized carbons (Fsp3) is 0.370. The zero-order valence-electron chi connectivity index (χ0n) is 20.0. The van der Waals surface area contributed by atoms with Gasteiger partial charge in [-0.05, 0) is 61.2 Å². The Morgan fingerprint density at radius 1 is 1.03 bits per heavy atom. The zero-order chi connectivity index (χ0) is 24.1. The summed E-state index contributed by atoms with van der Waals surface area (Å²) in [5, 5.41) is 2.70. The van der Waals surface area contributed by atoms with Gasteiger partial charge in [0.2, 0.25) is 5.82 Å². The van der Waals surface area contributed by atoms with Gasteiger partial charge in [-0.1, -0.05) is 38.1 Å². The molecule has 4 rings (SSSR count). The van der Waals surface area contributed by atoms with E-state index < -0.39 is 0 Å². The molecule has 0 spiro atoms. The average molecular weight is 461 g/mol. The molecule has 0 bridgehead atoms. The van der Waals surface area contributed by atoms with E-state index in [2.05, 4.69) is 53.4 Å². The highest BCUT2D eigenvalue weighted by Gasteiger charge is 2.28. The molecule has 0 radical (unpaired) electrons. The molecule has 0 unspecified atom stereocenters. The molecule has 1 aromatic heterocycles. The Balaban J connectivity index is 1.37. The highest BCUT2D eigenvalue weighted by Crippen LogP contribution is 2.34. The smallest absolute Gasteiger partial charge is 0.289 e. The van der Waals surface area contributed by atoms with Crippen molar-refractivity contribution in [2.75, 3.05) is 6.54 Å². The van der Waals surface area contributed by atoms with Crippen LogP contribution in [0.3, 0.4) is 0 Å². The third-order valence-electron chi connectivity index (χ3n) is 6.23. The van der Waals surface area contributed by atoms with Crippen LogP contribution in [-0.2, 0) is 12.0 Å². The summed E-state index contributed by atoms with van der Waals surface area (Å²) in [7, 11) is 0. The molecule has 0 atom stereocenters. The molecular weight excluding hydrogens is 428 g/mol. The summed E-state index contributed by atoms with van der Waals surface area (Å²) in [6.07, 6.45) is 3.66. The highest BCUT2D eigenvalue weighted by molar-refractivity contribution is 5.90. The van der Waals surface area contributed by atoms with Crippen LogP contribution in [0.25, 0.3) is 0 Å². The Hall–Kier alpha value is -3.45. The van der Waals surface area contributed by atoms with Crippen LogP contribution in [0, 0.1) is 0 Å². The third kappa shape index (κ3) is 5.54. The topological polar surface area (TPSA) is 99.4 Å². The van der Waals surface area contributed by atoms with Crippen LogP contribution in [0.4, 0.5) is 0 Å². The van der Waals surface area contributed by atoms with E-state index in [4.69, 9.17) is 15.2 Å². The van der Waals surface area contributed by atoms with Crippen molar-refractivity contribution >= 4 is 5.91 Å². The molecule has 1 saturated carbocycles. The standard InChI is InChI=1S/C27H32N4O3/c1-4-29-26(32)25-30-14-13-21(31-25)17-33-22-9-5-18(6-10-22)27(2,3)19-7-11-23(12-8-19)34-24-15-20(28)16-24/h5-14,20,24H,4,15-17,28H2,1-3H3,(H,29,32). The predicted octanol–water partition coefficient (Wildman–Crippen LogP) is 4.00. The molecule has 3 N–H and O–H groups in total. The molecule has 2 aromatic carbocycles. The van der Waals surface area contributed by atoms with E-state index in [9.17, 15) is 4.79 Å². The van der Waals surface area contributed by atoms with Gasteiger partial charge < -0.3 is 20.5 Å². The number of amides is 1. The van der Waals surface area contributed by atoms with Crippen molar-refractivity contribution in [2.24, 2.45) is 5.73 Å². The van der Waals surface area contributed by atoms with E-state index in [-0.39, 0.29) is 35.9 Å². The van der Waals surface area contributed by atoms with Crippen molar-refractivity contribution < 1.29 is 14.3 Å². The van der Waals surface area contributed by atoms with Crippen molar-refractivity contribution in [1.82, 2.24) is 15.3 Å². The lowest BCUT2D eigenvalue weighted by molar-refractivity contribution is 0.0944. The summed E-state index contributed by atoms with van der Waals surface area (Å²) in [4.78, 5) is 20.2. The lowest BCUT2D eigenvalue weighted by Crippen LogP contribution is -2.43. The van der Waals surface area contributed by atoms with Gasteiger partial charge in [-0.2, -0.15) is 0 Å². The Labute approximate surface area is 200 Å². The second kappa shape index (κ2) is 10.2. The summed E-state index contributed by atoms with van der Waals surface area (Å²) >= 11 is 0. The fourth-order valence-corrected chi connectivity index (χ4v) is 3.96. The molecule has 1 heterocycles. The van der Waals surface area contributed by atoms with Crippen LogP contribution in [0.5, 0.6) is 11.5 Å². The first kappa shape index (κ1) is 23.7. The van der Waals surface area contributed by atoms with Gasteiger partial charge in [0.15, 0.2) is 0 Å². The number of ether oxygens (including phenoxy) is 2. The fourth-order valence-electron chi connectivity index (χ4n) is 3.96. The average Bonchev–Trinajstić information content (AvgIpc) is 2.83. The number of carbonyl (C=O) groups excluding carboxylic acids is 1. The van der Waals surface area contributed by atoms with Crippen molar-refractivity contribution in [1.29, 1.82) is 0 Å². The Kier molecular flexibility index (Phi) is 7.12. The van der Waals surface area contributed by atoms with Crippen LogP contribution in [0.2, 0.25) is 0 Å². The molecule has 1 amide bonds. The number of carbonyl (C=O) groups is 1. The number of hydrogen-bond donors (Lipinski definition) is 2. The molecule has 0 saturated heterocycles. The van der Waals surface area contributed by atoms with E-state index in [0.717, 1.165) is 24.3 Å². The monoisotopic (exact) mass is 460 g/mol. The summed E-state index contributed by atoms with van der Waals surface area (Å²) < 4.78 is 11.9. The quantitative estimate of drug-likeness (QED) is 0.501. The summed E-state index contributed by atoms with van der Waals surface area (Å²) in [6, 6.07) is 18.4. The molecule has 34 heavy (non-hydrogen) atoms. The van der Waals surface area contributed by atoms with Crippen LogP contribution in [0.15, 0.2) is 60.8 Å². The van der Waals surface area contributed by atoms with Crippen LogP contribution in [-0.4, -0.2) is 34.6 Å². The van der Waals surface area contributed by atoms with Gasteiger partial charge in [-0.15, -0.1) is 0 Å². The van der Waals surface area contributed by atoms with E-state index >= 15 is 0 Å². The van der Waals surface area contributed by atoms with Gasteiger partial charge in [-0.3, -0.25) is 4.79 Å². The number of rotatable bonds is 9. The number of benzene rings is 2. The van der Waals surface area contributed by atoms with Crippen LogP contribution >= 0.6 is 0 Å². The van der Waals surface area contributed by atoms with Crippen molar-refractivity contribution in [3.63, 3.8) is 0 Å². The van der Waals surface area contributed by atoms with Crippen molar-refractivity contribution in [3.8, 4) is 11.5 Å². The summed E-state index contributed by atoms with van der Waals surface area (Å²) in [5.41, 5.74) is 8.70. The van der Waals surface area contributed by atoms with E-state index in [0.29, 0.717) is 12.2 Å². The van der Waals surface area contributed by atoms with E-state index in [1.807, 2.05) is 31.2 Å². The van der Waals surface area contributed by atoms with Crippen molar-refractivity contribution in [3.05, 3.63) is 83.4 Å². The Morgan fingerprint density at radius 2 is 1.65 bits per heavy atom. The first-order chi connectivity index (χ1) is 16.3. The normalized spacial score (nSPS) is 17.5. The molecule has 1 aliphatic carbocycles. The largest absolute Gasteiger partial charge is 0.490 e.